The summed E-state index contributed by atoms with van der Waals surface area (Å²) < 4.78 is 21.6. The Morgan fingerprint density at radius 1 is 0.857 bits per heavy atom. The molecule has 3 amide bonds. The van der Waals surface area contributed by atoms with Crippen LogP contribution >= 0.6 is 0 Å². The summed E-state index contributed by atoms with van der Waals surface area (Å²) in [5, 5.41) is 7.87. The number of nitrogens with one attached hydrogen (secondary N) is 3. The Balaban J connectivity index is 2.22. The molecule has 35 heavy (non-hydrogen) atoms. The second-order valence-electron chi connectivity index (χ2n) is 7.91. The third-order valence-corrected chi connectivity index (χ3v) is 4.93. The van der Waals surface area contributed by atoms with E-state index in [1.807, 2.05) is 30.3 Å². The Kier molecular flexibility index (Phi) is 10.5. The molecule has 0 spiro atoms. The van der Waals surface area contributed by atoms with E-state index in [9.17, 15) is 24.0 Å². The molecule has 3 N–H and O–H groups in total. The number of esters is 3. The fourth-order valence-electron chi connectivity index (χ4n) is 3.60. The summed E-state index contributed by atoms with van der Waals surface area (Å²) in [7, 11) is 0. The second kappa shape index (κ2) is 13.3. The average molecular weight is 494 g/mol. The molecule has 12 nitrogen and oxygen atoms in total. The van der Waals surface area contributed by atoms with E-state index in [2.05, 4.69) is 16.0 Å². The predicted octanol–water partition coefficient (Wildman–Crippen LogP) is 0.184. The quantitative estimate of drug-likeness (QED) is 0.322. The topological polar surface area (TPSA) is 158 Å². The maximum Gasteiger partial charge on any atom is 0.316 e. The van der Waals surface area contributed by atoms with Crippen LogP contribution in [0.3, 0.4) is 0 Å². The van der Waals surface area contributed by atoms with Crippen molar-refractivity contribution in [2.24, 2.45) is 0 Å². The highest BCUT2D eigenvalue weighted by Gasteiger charge is 2.51. The Morgan fingerprint density at radius 3 is 2.06 bits per heavy atom. The molecule has 1 aliphatic heterocycles. The first kappa shape index (κ1) is 27.6. The number of rotatable bonds is 9. The molecule has 1 heterocycles. The minimum absolute atomic E-state index is 0.313. The molecule has 1 fully saturated rings. The summed E-state index contributed by atoms with van der Waals surface area (Å²) >= 11 is 0. The Hall–Kier alpha value is -3.67. The van der Waals surface area contributed by atoms with E-state index < -0.39 is 60.4 Å². The van der Waals surface area contributed by atoms with Gasteiger partial charge < -0.3 is 34.9 Å². The molecule has 2 rings (SSSR count). The van der Waals surface area contributed by atoms with E-state index >= 15 is 0 Å². The van der Waals surface area contributed by atoms with Gasteiger partial charge in [0.1, 0.15) is 18.8 Å². The molecular formula is C23H31N3O9. The van der Waals surface area contributed by atoms with Crippen molar-refractivity contribution >= 4 is 29.8 Å². The maximum atomic E-state index is 12.6. The molecule has 5 atom stereocenters. The third-order valence-electron chi connectivity index (χ3n) is 4.93. The van der Waals surface area contributed by atoms with Gasteiger partial charge in [-0.2, -0.15) is 0 Å². The fraction of sp³-hybridized carbons (Fsp3) is 0.522. The van der Waals surface area contributed by atoms with E-state index in [0.29, 0.717) is 13.0 Å². The van der Waals surface area contributed by atoms with Crippen LogP contribution in [0.25, 0.3) is 0 Å². The smallest absolute Gasteiger partial charge is 0.316 e. The zero-order chi connectivity index (χ0) is 26.0. The van der Waals surface area contributed by atoms with Crippen LogP contribution in [-0.2, 0) is 44.5 Å². The summed E-state index contributed by atoms with van der Waals surface area (Å²) in [5.74, 6) is -2.56. The molecule has 192 valence electrons. The molecule has 0 aliphatic carbocycles. The summed E-state index contributed by atoms with van der Waals surface area (Å²) in [6, 6.07) is 7.79. The van der Waals surface area contributed by atoms with Crippen molar-refractivity contribution in [1.82, 2.24) is 16.0 Å². The lowest BCUT2D eigenvalue weighted by molar-refractivity contribution is -0.226. The molecule has 1 saturated heterocycles. The van der Waals surface area contributed by atoms with Crippen LogP contribution < -0.4 is 16.0 Å². The molecule has 0 aromatic heterocycles. The summed E-state index contributed by atoms with van der Waals surface area (Å²) in [6.07, 6.45) is -4.22. The molecule has 1 aliphatic rings. The highest BCUT2D eigenvalue weighted by atomic mass is 16.6. The normalized spacial score (nSPS) is 23.4. The zero-order valence-electron chi connectivity index (χ0n) is 20.1. The highest BCUT2D eigenvalue weighted by molar-refractivity contribution is 5.76. The summed E-state index contributed by atoms with van der Waals surface area (Å²) in [5.41, 5.74) is 1.03. The van der Waals surface area contributed by atoms with E-state index in [1.54, 1.807) is 0 Å². The third kappa shape index (κ3) is 9.24. The van der Waals surface area contributed by atoms with E-state index in [-0.39, 0.29) is 6.61 Å². The number of benzene rings is 1. The van der Waals surface area contributed by atoms with Crippen molar-refractivity contribution in [3.63, 3.8) is 0 Å². The lowest BCUT2D eigenvalue weighted by atomic mass is 9.95. The van der Waals surface area contributed by atoms with Crippen LogP contribution in [-0.4, -0.2) is 73.6 Å². The lowest BCUT2D eigenvalue weighted by Crippen LogP contribution is -2.70. The highest BCUT2D eigenvalue weighted by Crippen LogP contribution is 2.26. The molecule has 0 bridgehead atoms. The van der Waals surface area contributed by atoms with Crippen LogP contribution in [0.2, 0.25) is 0 Å². The fourth-order valence-corrected chi connectivity index (χ4v) is 3.60. The SMILES string of the molecule is CC(=O)N[C@@H]1[C@@H](OC(C)=O)[C@H](OC(C)=O)[C@@H](COC(C)=O)O[C@H]1NC(=O)NCCc1ccccc1. The largest absolute Gasteiger partial charge is 0.463 e. The van der Waals surface area contributed by atoms with Crippen LogP contribution in [0.15, 0.2) is 30.3 Å². The first-order valence-corrected chi connectivity index (χ1v) is 11.1. The summed E-state index contributed by atoms with van der Waals surface area (Å²) in [4.78, 5) is 59.5. The number of urea groups is 1. The Morgan fingerprint density at radius 2 is 1.49 bits per heavy atom. The summed E-state index contributed by atoms with van der Waals surface area (Å²) in [6.45, 7) is 4.66. The first-order chi connectivity index (χ1) is 16.6. The van der Waals surface area contributed by atoms with Gasteiger partial charge >= 0.3 is 23.9 Å². The molecular weight excluding hydrogens is 462 g/mol. The van der Waals surface area contributed by atoms with Gasteiger partial charge in [-0.05, 0) is 12.0 Å². The van der Waals surface area contributed by atoms with Crippen molar-refractivity contribution in [3.05, 3.63) is 35.9 Å². The van der Waals surface area contributed by atoms with Gasteiger partial charge in [-0.25, -0.2) is 4.79 Å². The van der Waals surface area contributed by atoms with Gasteiger partial charge in [-0.1, -0.05) is 30.3 Å². The first-order valence-electron chi connectivity index (χ1n) is 11.1. The molecule has 0 saturated carbocycles. The van der Waals surface area contributed by atoms with Gasteiger partial charge in [0.15, 0.2) is 18.4 Å². The van der Waals surface area contributed by atoms with Gasteiger partial charge in [0.25, 0.3) is 0 Å². The van der Waals surface area contributed by atoms with Crippen LogP contribution in [0, 0.1) is 0 Å². The molecule has 12 heteroatoms. The van der Waals surface area contributed by atoms with Gasteiger partial charge in [-0.15, -0.1) is 0 Å². The van der Waals surface area contributed by atoms with Gasteiger partial charge in [0, 0.05) is 34.2 Å². The number of amides is 3. The monoisotopic (exact) mass is 493 g/mol. The van der Waals surface area contributed by atoms with Crippen molar-refractivity contribution in [2.45, 2.75) is 64.7 Å². The van der Waals surface area contributed by atoms with Gasteiger partial charge in [-0.3, -0.25) is 19.2 Å². The van der Waals surface area contributed by atoms with E-state index in [0.717, 1.165) is 19.4 Å². The van der Waals surface area contributed by atoms with Crippen molar-refractivity contribution < 1.29 is 42.9 Å². The van der Waals surface area contributed by atoms with Crippen LogP contribution in [0.5, 0.6) is 0 Å². The molecule has 0 unspecified atom stereocenters. The molecule has 0 radical (unpaired) electrons. The molecule has 1 aromatic rings. The number of hydrogen-bond donors (Lipinski definition) is 3. The van der Waals surface area contributed by atoms with Crippen molar-refractivity contribution in [1.29, 1.82) is 0 Å². The average Bonchev–Trinajstić information content (AvgIpc) is 2.76. The Labute approximate surface area is 203 Å². The van der Waals surface area contributed by atoms with Crippen molar-refractivity contribution in [3.8, 4) is 0 Å². The maximum absolute atomic E-state index is 12.6. The zero-order valence-corrected chi connectivity index (χ0v) is 20.1. The predicted molar refractivity (Wildman–Crippen MR) is 121 cm³/mol. The minimum Gasteiger partial charge on any atom is -0.463 e. The standard InChI is InChI=1S/C23H31N3O9/c1-13(27)25-19-21(34-16(4)30)20(33-15(3)29)18(12-32-14(2)28)35-22(19)26-23(31)24-11-10-17-8-6-5-7-9-17/h5-9,18-22H,10-12H2,1-4H3,(H,25,27)(H2,24,26,31)/t18-,19-,20-,21-,22-/m1/s1. The van der Waals surface area contributed by atoms with Crippen LogP contribution in [0.1, 0.15) is 33.3 Å². The second-order valence-corrected chi connectivity index (χ2v) is 7.91. The number of carbonyl (C=O) groups excluding carboxylic acids is 5. The van der Waals surface area contributed by atoms with Crippen LogP contribution in [0.4, 0.5) is 4.79 Å². The van der Waals surface area contributed by atoms with E-state index in [4.69, 9.17) is 18.9 Å². The van der Waals surface area contributed by atoms with Gasteiger partial charge in [0.2, 0.25) is 5.91 Å². The van der Waals surface area contributed by atoms with Crippen molar-refractivity contribution in [2.75, 3.05) is 13.2 Å². The minimum atomic E-state index is -1.25. The lowest BCUT2D eigenvalue weighted by Gasteiger charge is -2.45. The van der Waals surface area contributed by atoms with Gasteiger partial charge in [0.05, 0.1) is 0 Å². The molecule has 1 aromatic carbocycles. The Bertz CT molecular complexity index is 909. The number of carbonyl (C=O) groups is 5. The van der Waals surface area contributed by atoms with E-state index in [1.165, 1.54) is 13.8 Å². The number of ether oxygens (including phenoxy) is 4. The number of hydrogen-bond acceptors (Lipinski definition) is 9.